The molecular weight excluding hydrogens is 364 g/mol. The molecule has 0 N–H and O–H groups in total. The molecule has 1 atom stereocenters. The van der Waals surface area contributed by atoms with Crippen LogP contribution in [0.4, 0.5) is 5.69 Å². The number of carbonyl (C=O) groups is 1. The van der Waals surface area contributed by atoms with Crippen LogP contribution >= 0.6 is 0 Å². The summed E-state index contributed by atoms with van der Waals surface area (Å²) in [6.45, 7) is 2.75. The summed E-state index contributed by atoms with van der Waals surface area (Å²) in [7, 11) is 1.77. The molecule has 29 heavy (non-hydrogen) atoms. The van der Waals surface area contributed by atoms with E-state index in [0.717, 1.165) is 27.9 Å². The third kappa shape index (κ3) is 4.02. The first-order valence-corrected chi connectivity index (χ1v) is 9.63. The highest BCUT2D eigenvalue weighted by Crippen LogP contribution is 2.32. The zero-order chi connectivity index (χ0) is 20.2. The highest BCUT2D eigenvalue weighted by atomic mass is 16.5. The largest absolute Gasteiger partial charge is 0.492 e. The standard InChI is InChI=1S/C24H22N2O3/c1-17-16-29-23-12-11-18(15-21(23)26(2)24(17)27)7-3-4-14-28-22-10-5-9-20-19(22)8-6-13-25-20/h5-6,8-13,15,17H,4,14,16H2,1-2H3/t17-/m0/s1. The van der Waals surface area contributed by atoms with Gasteiger partial charge in [0.25, 0.3) is 0 Å². The molecule has 0 unspecified atom stereocenters. The first kappa shape index (κ1) is 18.8. The summed E-state index contributed by atoms with van der Waals surface area (Å²) in [5, 5.41) is 0.996. The molecular formula is C24H22N2O3. The molecule has 2 aromatic carbocycles. The maximum atomic E-state index is 12.3. The summed E-state index contributed by atoms with van der Waals surface area (Å²) in [5.41, 5.74) is 2.51. The predicted molar refractivity (Wildman–Crippen MR) is 113 cm³/mol. The van der Waals surface area contributed by atoms with Crippen LogP contribution in [0.2, 0.25) is 0 Å². The van der Waals surface area contributed by atoms with E-state index in [1.807, 2.05) is 55.5 Å². The van der Waals surface area contributed by atoms with Crippen molar-refractivity contribution in [3.63, 3.8) is 0 Å². The third-order valence-electron chi connectivity index (χ3n) is 4.88. The van der Waals surface area contributed by atoms with E-state index in [4.69, 9.17) is 9.47 Å². The first-order valence-electron chi connectivity index (χ1n) is 9.63. The van der Waals surface area contributed by atoms with Crippen LogP contribution in [0.3, 0.4) is 0 Å². The lowest BCUT2D eigenvalue weighted by Crippen LogP contribution is -2.31. The van der Waals surface area contributed by atoms with Crippen molar-refractivity contribution in [3.05, 3.63) is 60.3 Å². The summed E-state index contributed by atoms with van der Waals surface area (Å²) in [5.74, 6) is 7.70. The van der Waals surface area contributed by atoms with Crippen LogP contribution in [0.1, 0.15) is 18.9 Å². The maximum Gasteiger partial charge on any atom is 0.233 e. The van der Waals surface area contributed by atoms with Gasteiger partial charge in [0.05, 0.1) is 30.3 Å². The number of rotatable bonds is 3. The number of pyridine rings is 1. The molecule has 0 spiro atoms. The number of carbonyl (C=O) groups excluding carboxylic acids is 1. The van der Waals surface area contributed by atoms with Crippen LogP contribution in [0.15, 0.2) is 54.7 Å². The smallest absolute Gasteiger partial charge is 0.233 e. The number of anilines is 1. The van der Waals surface area contributed by atoms with E-state index in [2.05, 4.69) is 16.8 Å². The van der Waals surface area contributed by atoms with Crippen LogP contribution in [0.5, 0.6) is 11.5 Å². The van der Waals surface area contributed by atoms with Crippen molar-refractivity contribution in [2.45, 2.75) is 13.3 Å². The molecule has 1 aromatic heterocycles. The van der Waals surface area contributed by atoms with E-state index >= 15 is 0 Å². The third-order valence-corrected chi connectivity index (χ3v) is 4.88. The first-order chi connectivity index (χ1) is 14.1. The van der Waals surface area contributed by atoms with Crippen molar-refractivity contribution < 1.29 is 14.3 Å². The van der Waals surface area contributed by atoms with Gasteiger partial charge in [0, 0.05) is 30.6 Å². The quantitative estimate of drug-likeness (QED) is 0.503. The predicted octanol–water partition coefficient (Wildman–Crippen LogP) is 4.05. The lowest BCUT2D eigenvalue weighted by molar-refractivity contribution is -0.122. The minimum Gasteiger partial charge on any atom is -0.492 e. The van der Waals surface area contributed by atoms with Crippen molar-refractivity contribution in [2.75, 3.05) is 25.2 Å². The van der Waals surface area contributed by atoms with E-state index in [9.17, 15) is 4.79 Å². The number of ether oxygens (including phenoxy) is 2. The summed E-state index contributed by atoms with van der Waals surface area (Å²) in [6, 6.07) is 15.4. The average molecular weight is 386 g/mol. The summed E-state index contributed by atoms with van der Waals surface area (Å²) < 4.78 is 11.6. The maximum absolute atomic E-state index is 12.3. The monoisotopic (exact) mass is 386 g/mol. The number of aromatic nitrogens is 1. The molecule has 0 saturated heterocycles. The minimum atomic E-state index is -0.164. The van der Waals surface area contributed by atoms with Gasteiger partial charge in [-0.3, -0.25) is 9.78 Å². The molecule has 0 bridgehead atoms. The van der Waals surface area contributed by atoms with Gasteiger partial charge in [-0.15, -0.1) is 0 Å². The molecule has 4 rings (SSSR count). The molecule has 0 radical (unpaired) electrons. The average Bonchev–Trinajstić information content (AvgIpc) is 2.86. The number of benzene rings is 2. The van der Waals surface area contributed by atoms with Crippen LogP contribution < -0.4 is 14.4 Å². The highest BCUT2D eigenvalue weighted by Gasteiger charge is 2.25. The molecule has 2 heterocycles. The Morgan fingerprint density at radius 3 is 3.03 bits per heavy atom. The number of nitrogens with zero attached hydrogens (tertiary/aromatic N) is 2. The molecule has 1 aliphatic heterocycles. The van der Waals surface area contributed by atoms with Gasteiger partial charge in [-0.25, -0.2) is 0 Å². The molecule has 0 aliphatic carbocycles. The van der Waals surface area contributed by atoms with Crippen molar-refractivity contribution in [1.82, 2.24) is 4.98 Å². The Labute approximate surface area is 170 Å². The van der Waals surface area contributed by atoms with Gasteiger partial charge in [-0.1, -0.05) is 24.8 Å². The van der Waals surface area contributed by atoms with Gasteiger partial charge in [-0.05, 0) is 42.5 Å². The fourth-order valence-electron chi connectivity index (χ4n) is 3.29. The van der Waals surface area contributed by atoms with Gasteiger partial charge in [-0.2, -0.15) is 0 Å². The lowest BCUT2D eigenvalue weighted by atomic mass is 10.1. The Balaban J connectivity index is 1.42. The Kier molecular flexibility index (Phi) is 5.35. The molecule has 5 nitrogen and oxygen atoms in total. The van der Waals surface area contributed by atoms with E-state index < -0.39 is 0 Å². The Bertz CT molecular complexity index is 1110. The van der Waals surface area contributed by atoms with Gasteiger partial charge >= 0.3 is 0 Å². The number of hydrogen-bond donors (Lipinski definition) is 0. The van der Waals surface area contributed by atoms with Gasteiger partial charge in [0.2, 0.25) is 5.91 Å². The summed E-state index contributed by atoms with van der Waals surface area (Å²) in [4.78, 5) is 18.3. The molecule has 146 valence electrons. The Hall–Kier alpha value is -3.52. The fraction of sp³-hybridized carbons (Fsp3) is 0.250. The minimum absolute atomic E-state index is 0.0480. The summed E-state index contributed by atoms with van der Waals surface area (Å²) in [6.07, 6.45) is 2.37. The highest BCUT2D eigenvalue weighted by molar-refractivity contribution is 5.96. The normalized spacial score (nSPS) is 15.7. The van der Waals surface area contributed by atoms with E-state index in [-0.39, 0.29) is 11.8 Å². The van der Waals surface area contributed by atoms with Crippen molar-refractivity contribution in [3.8, 4) is 23.3 Å². The molecule has 0 saturated carbocycles. The topological polar surface area (TPSA) is 51.7 Å². The second kappa shape index (κ2) is 8.24. The SMILES string of the molecule is C[C@H]1COc2ccc(C#CCCOc3cccc4ncccc34)cc2N(C)C1=O. The molecule has 0 fully saturated rings. The number of amides is 1. The van der Waals surface area contributed by atoms with Gasteiger partial charge in [0.1, 0.15) is 11.5 Å². The Morgan fingerprint density at radius 1 is 1.24 bits per heavy atom. The fourth-order valence-corrected chi connectivity index (χ4v) is 3.29. The van der Waals surface area contributed by atoms with Crippen LogP contribution in [-0.2, 0) is 4.79 Å². The molecule has 1 aliphatic rings. The van der Waals surface area contributed by atoms with Crippen LogP contribution in [0.25, 0.3) is 10.9 Å². The zero-order valence-corrected chi connectivity index (χ0v) is 16.5. The second-order valence-corrected chi connectivity index (χ2v) is 7.02. The summed E-state index contributed by atoms with van der Waals surface area (Å²) >= 11 is 0. The van der Waals surface area contributed by atoms with Crippen LogP contribution in [-0.4, -0.2) is 31.2 Å². The Morgan fingerprint density at radius 2 is 2.14 bits per heavy atom. The van der Waals surface area contributed by atoms with Crippen molar-refractivity contribution >= 4 is 22.5 Å². The van der Waals surface area contributed by atoms with E-state index in [1.54, 1.807) is 18.1 Å². The second-order valence-electron chi connectivity index (χ2n) is 7.02. The lowest BCUT2D eigenvalue weighted by Gasteiger charge is -2.17. The number of fused-ring (bicyclic) bond motifs is 2. The molecule has 1 amide bonds. The van der Waals surface area contributed by atoms with E-state index in [0.29, 0.717) is 25.4 Å². The molecule has 5 heteroatoms. The van der Waals surface area contributed by atoms with Gasteiger partial charge in [0.15, 0.2) is 0 Å². The molecule has 3 aromatic rings. The van der Waals surface area contributed by atoms with E-state index in [1.165, 1.54) is 0 Å². The number of hydrogen-bond acceptors (Lipinski definition) is 4. The van der Waals surface area contributed by atoms with Crippen molar-refractivity contribution in [1.29, 1.82) is 0 Å². The van der Waals surface area contributed by atoms with Crippen molar-refractivity contribution in [2.24, 2.45) is 5.92 Å². The van der Waals surface area contributed by atoms with Gasteiger partial charge < -0.3 is 14.4 Å². The van der Waals surface area contributed by atoms with Crippen LogP contribution in [0, 0.1) is 17.8 Å². The zero-order valence-electron chi connectivity index (χ0n) is 16.5.